The number of nitrogens with zero attached hydrogens (tertiary/aromatic N) is 3. The number of hydrogen-bond acceptors (Lipinski definition) is 4. The van der Waals surface area contributed by atoms with Gasteiger partial charge in [0.15, 0.2) is 6.54 Å². The fourth-order valence-electron chi connectivity index (χ4n) is 3.99. The second-order valence-corrected chi connectivity index (χ2v) is 9.86. The highest BCUT2D eigenvalue weighted by Crippen LogP contribution is 2.22. The molecule has 160 valence electrons. The topological polar surface area (TPSA) is 82.4 Å². The largest absolute Gasteiger partial charge is 0.338 e. The van der Waals surface area contributed by atoms with Gasteiger partial charge in [-0.05, 0) is 31.4 Å². The van der Waals surface area contributed by atoms with Crippen LogP contribution in [0.25, 0.3) is 0 Å². The van der Waals surface area contributed by atoms with Crippen LogP contribution in [0.2, 0.25) is 0 Å². The van der Waals surface area contributed by atoms with Gasteiger partial charge in [0, 0.05) is 13.1 Å². The minimum Gasteiger partial charge on any atom is -0.338 e. The van der Waals surface area contributed by atoms with Gasteiger partial charge in [-0.2, -0.15) is 0 Å². The van der Waals surface area contributed by atoms with Crippen molar-refractivity contribution in [1.82, 2.24) is 9.80 Å². The Bertz CT molecular complexity index is 844. The van der Waals surface area contributed by atoms with Gasteiger partial charge in [0.2, 0.25) is 15.9 Å². The molecule has 2 heterocycles. The number of rotatable bonds is 6. The van der Waals surface area contributed by atoms with Crippen LogP contribution in [-0.2, 0) is 19.6 Å². The van der Waals surface area contributed by atoms with E-state index in [0.717, 1.165) is 37.8 Å². The van der Waals surface area contributed by atoms with Crippen LogP contribution < -0.4 is 9.21 Å². The van der Waals surface area contributed by atoms with Gasteiger partial charge in [0.1, 0.15) is 6.54 Å². The number of sulfonamides is 1. The molecule has 0 atom stereocenters. The summed E-state index contributed by atoms with van der Waals surface area (Å²) in [6, 6.07) is 7.16. The van der Waals surface area contributed by atoms with E-state index in [1.165, 1.54) is 9.21 Å². The molecule has 0 radical (unpaired) electrons. The summed E-state index contributed by atoms with van der Waals surface area (Å²) in [5, 5.41) is 0. The standard InChI is InChI=1S/C20H30N4O4S/c1-17-7-3-4-8-18(17)24(29(2,27)28)16-20(26)23-13-11-21(12-14-23)15-19(25)22-9-5-6-10-22/h3-4,7-8H,5-6,9-16H2,1-2H3/p+1. The van der Waals surface area contributed by atoms with Crippen LogP contribution in [0.4, 0.5) is 5.69 Å². The van der Waals surface area contributed by atoms with E-state index in [2.05, 4.69) is 0 Å². The molecule has 1 aromatic carbocycles. The normalized spacial score (nSPS) is 18.1. The summed E-state index contributed by atoms with van der Waals surface area (Å²) in [5.41, 5.74) is 1.34. The molecule has 2 aliphatic heterocycles. The van der Waals surface area contributed by atoms with Gasteiger partial charge < -0.3 is 14.7 Å². The second kappa shape index (κ2) is 9.13. The lowest BCUT2D eigenvalue weighted by molar-refractivity contribution is -0.896. The summed E-state index contributed by atoms with van der Waals surface area (Å²) in [5.74, 6) is -0.0105. The Hall–Kier alpha value is -2.13. The highest BCUT2D eigenvalue weighted by atomic mass is 32.2. The Morgan fingerprint density at radius 3 is 2.17 bits per heavy atom. The number of likely N-dealkylation sites (tertiary alicyclic amines) is 1. The second-order valence-electron chi connectivity index (χ2n) is 7.95. The first kappa shape index (κ1) is 21.6. The number of para-hydroxylation sites is 1. The maximum atomic E-state index is 12.8. The van der Waals surface area contributed by atoms with E-state index in [4.69, 9.17) is 0 Å². The minimum atomic E-state index is -3.58. The summed E-state index contributed by atoms with van der Waals surface area (Å²) in [6.07, 6.45) is 3.29. The summed E-state index contributed by atoms with van der Waals surface area (Å²) >= 11 is 0. The van der Waals surface area contributed by atoms with Crippen LogP contribution in [0.1, 0.15) is 18.4 Å². The third-order valence-corrected chi connectivity index (χ3v) is 6.87. The number of benzene rings is 1. The Balaban J connectivity index is 1.56. The summed E-state index contributed by atoms with van der Waals surface area (Å²) in [7, 11) is -3.58. The van der Waals surface area contributed by atoms with E-state index < -0.39 is 10.0 Å². The van der Waals surface area contributed by atoms with Crippen molar-refractivity contribution in [2.24, 2.45) is 0 Å². The number of carbonyl (C=O) groups excluding carboxylic acids is 2. The van der Waals surface area contributed by atoms with E-state index in [1.807, 2.05) is 24.0 Å². The van der Waals surface area contributed by atoms with E-state index in [9.17, 15) is 18.0 Å². The molecule has 29 heavy (non-hydrogen) atoms. The predicted molar refractivity (Wildman–Crippen MR) is 111 cm³/mol. The molecule has 0 saturated carbocycles. The van der Waals surface area contributed by atoms with E-state index in [1.54, 1.807) is 17.0 Å². The van der Waals surface area contributed by atoms with Gasteiger partial charge in [-0.25, -0.2) is 8.42 Å². The van der Waals surface area contributed by atoms with Crippen LogP contribution in [-0.4, -0.2) is 88.6 Å². The molecular formula is C20H31N4O4S+. The summed E-state index contributed by atoms with van der Waals surface area (Å²) in [4.78, 5) is 30.0. The van der Waals surface area contributed by atoms with Gasteiger partial charge in [0.25, 0.3) is 5.91 Å². The molecule has 1 N–H and O–H groups in total. The maximum Gasteiger partial charge on any atom is 0.277 e. The van der Waals surface area contributed by atoms with Crippen molar-refractivity contribution in [3.05, 3.63) is 29.8 Å². The number of nitrogens with one attached hydrogen (secondary N) is 1. The summed E-state index contributed by atoms with van der Waals surface area (Å²) in [6.45, 7) is 6.29. The molecule has 0 unspecified atom stereocenters. The average molecular weight is 424 g/mol. The highest BCUT2D eigenvalue weighted by molar-refractivity contribution is 7.92. The van der Waals surface area contributed by atoms with Crippen LogP contribution in [0.15, 0.2) is 24.3 Å². The van der Waals surface area contributed by atoms with E-state index in [0.29, 0.717) is 38.4 Å². The zero-order valence-corrected chi connectivity index (χ0v) is 18.1. The molecule has 2 aliphatic rings. The van der Waals surface area contributed by atoms with Gasteiger partial charge in [-0.3, -0.25) is 13.9 Å². The molecule has 8 nitrogen and oxygen atoms in total. The first-order valence-corrected chi connectivity index (χ1v) is 12.0. The molecule has 3 rings (SSSR count). The Morgan fingerprint density at radius 1 is 1.00 bits per heavy atom. The zero-order valence-electron chi connectivity index (χ0n) is 17.3. The Morgan fingerprint density at radius 2 is 1.59 bits per heavy atom. The van der Waals surface area contributed by atoms with Crippen molar-refractivity contribution in [2.75, 3.05) is 62.9 Å². The molecule has 1 aromatic rings. The molecule has 2 fully saturated rings. The monoisotopic (exact) mass is 423 g/mol. The lowest BCUT2D eigenvalue weighted by Gasteiger charge is -2.34. The molecule has 0 aliphatic carbocycles. The molecule has 0 spiro atoms. The minimum absolute atomic E-state index is 0.195. The third kappa shape index (κ3) is 5.48. The molecule has 2 saturated heterocycles. The SMILES string of the molecule is Cc1ccccc1N(CC(=O)N1CC[NH+](CC(=O)N2CCCC2)CC1)S(C)(=O)=O. The van der Waals surface area contributed by atoms with E-state index >= 15 is 0 Å². The van der Waals surface area contributed by atoms with Crippen LogP contribution in [0, 0.1) is 6.92 Å². The highest BCUT2D eigenvalue weighted by Gasteiger charge is 2.30. The quantitative estimate of drug-likeness (QED) is 0.644. The van der Waals surface area contributed by atoms with Gasteiger partial charge >= 0.3 is 0 Å². The van der Waals surface area contributed by atoms with Crippen molar-refractivity contribution in [2.45, 2.75) is 19.8 Å². The Labute approximate surface area is 173 Å². The number of piperazine rings is 1. The van der Waals surface area contributed by atoms with Crippen molar-refractivity contribution in [3.8, 4) is 0 Å². The van der Waals surface area contributed by atoms with Gasteiger partial charge in [0.05, 0.1) is 38.1 Å². The number of anilines is 1. The smallest absolute Gasteiger partial charge is 0.277 e. The molecule has 0 bridgehead atoms. The number of carbonyl (C=O) groups is 2. The van der Waals surface area contributed by atoms with Crippen molar-refractivity contribution in [1.29, 1.82) is 0 Å². The average Bonchev–Trinajstić information content (AvgIpc) is 3.21. The lowest BCUT2D eigenvalue weighted by Crippen LogP contribution is -3.15. The number of hydrogen-bond donors (Lipinski definition) is 1. The first-order chi connectivity index (χ1) is 13.8. The van der Waals surface area contributed by atoms with E-state index in [-0.39, 0.29) is 18.4 Å². The predicted octanol–water partition coefficient (Wildman–Crippen LogP) is -0.889. The molecule has 9 heteroatoms. The third-order valence-electron chi connectivity index (χ3n) is 5.75. The first-order valence-electron chi connectivity index (χ1n) is 10.2. The fourth-order valence-corrected chi connectivity index (χ4v) is 4.90. The number of quaternary nitrogens is 1. The maximum absolute atomic E-state index is 12.8. The van der Waals surface area contributed by atoms with Gasteiger partial charge in [-0.1, -0.05) is 18.2 Å². The molecule has 2 amide bonds. The fraction of sp³-hybridized carbons (Fsp3) is 0.600. The Kier molecular flexibility index (Phi) is 6.79. The van der Waals surface area contributed by atoms with Crippen LogP contribution in [0.3, 0.4) is 0 Å². The van der Waals surface area contributed by atoms with Crippen molar-refractivity contribution < 1.29 is 22.9 Å². The van der Waals surface area contributed by atoms with Gasteiger partial charge in [-0.15, -0.1) is 0 Å². The zero-order chi connectivity index (χ0) is 21.0. The van der Waals surface area contributed by atoms with Crippen molar-refractivity contribution >= 4 is 27.5 Å². The number of aryl methyl sites for hydroxylation is 1. The summed E-state index contributed by atoms with van der Waals surface area (Å²) < 4.78 is 25.8. The molecular weight excluding hydrogens is 392 g/mol. The number of amides is 2. The molecule has 0 aromatic heterocycles. The van der Waals surface area contributed by atoms with Crippen LogP contribution in [0.5, 0.6) is 0 Å². The lowest BCUT2D eigenvalue weighted by atomic mass is 10.2. The van der Waals surface area contributed by atoms with Crippen molar-refractivity contribution in [3.63, 3.8) is 0 Å². The van der Waals surface area contributed by atoms with Crippen LogP contribution >= 0.6 is 0 Å².